The van der Waals surface area contributed by atoms with E-state index >= 15 is 0 Å². The number of ether oxygens (including phenoxy) is 1. The lowest BCUT2D eigenvalue weighted by Crippen LogP contribution is -2.09. The van der Waals surface area contributed by atoms with Crippen molar-refractivity contribution in [2.75, 3.05) is 6.61 Å². The zero-order valence-electron chi connectivity index (χ0n) is 18.5. The molecule has 1 aromatic carbocycles. The second kappa shape index (κ2) is 10.5. The molecular weight excluding hydrogens is 435 g/mol. The number of aryl methyl sites for hydroxylation is 1. The Kier molecular flexibility index (Phi) is 7.73. The van der Waals surface area contributed by atoms with Gasteiger partial charge in [0.2, 0.25) is 0 Å². The van der Waals surface area contributed by atoms with Gasteiger partial charge in [-0.25, -0.2) is 4.98 Å². The van der Waals surface area contributed by atoms with E-state index in [4.69, 9.17) is 9.84 Å². The van der Waals surface area contributed by atoms with Crippen LogP contribution in [0, 0.1) is 12.8 Å². The van der Waals surface area contributed by atoms with Crippen molar-refractivity contribution in [2.24, 2.45) is 5.92 Å². The minimum Gasteiger partial charge on any atom is -0.493 e. The Hall–Kier alpha value is -3.36. The highest BCUT2D eigenvalue weighted by molar-refractivity contribution is 5.66. The van der Waals surface area contributed by atoms with Crippen LogP contribution in [0.1, 0.15) is 43.1 Å². The maximum Gasteiger partial charge on any atom is 0.433 e. The number of halogens is 3. The first-order chi connectivity index (χ1) is 15.6. The standard InChI is InChI=1S/C24H26F3N3O3/c1-16(12-22(31)32)6-5-11-33-20-8-4-3-7-19(20)15-30-17(2)13-29-23(30)18-9-10-21(28-14-18)24(25,26)27/h3-4,7-10,13-14,16H,5-6,11-12,15H2,1-2H3,(H,31,32)/t16-/m1/s1. The molecule has 0 saturated heterocycles. The molecule has 6 nitrogen and oxygen atoms in total. The summed E-state index contributed by atoms with van der Waals surface area (Å²) in [4.78, 5) is 18.7. The van der Waals surface area contributed by atoms with Crippen LogP contribution in [0.3, 0.4) is 0 Å². The average Bonchev–Trinajstić information content (AvgIpc) is 3.11. The van der Waals surface area contributed by atoms with Crippen LogP contribution >= 0.6 is 0 Å². The van der Waals surface area contributed by atoms with E-state index in [0.29, 0.717) is 30.3 Å². The van der Waals surface area contributed by atoms with Gasteiger partial charge in [-0.05, 0) is 43.9 Å². The Morgan fingerprint density at radius 3 is 2.58 bits per heavy atom. The Morgan fingerprint density at radius 2 is 1.91 bits per heavy atom. The summed E-state index contributed by atoms with van der Waals surface area (Å²) in [6.45, 7) is 4.66. The molecule has 9 heteroatoms. The molecule has 33 heavy (non-hydrogen) atoms. The number of carboxylic acids is 1. The molecule has 1 atom stereocenters. The van der Waals surface area contributed by atoms with Gasteiger partial charge in [0.05, 0.1) is 13.2 Å². The predicted molar refractivity (Wildman–Crippen MR) is 117 cm³/mol. The van der Waals surface area contributed by atoms with E-state index in [9.17, 15) is 18.0 Å². The number of para-hydroxylation sites is 1. The number of hydrogen-bond donors (Lipinski definition) is 1. The summed E-state index contributed by atoms with van der Waals surface area (Å²) in [5.74, 6) is 0.498. The lowest BCUT2D eigenvalue weighted by molar-refractivity contribution is -0.141. The molecule has 0 amide bonds. The Labute approximate surface area is 190 Å². The van der Waals surface area contributed by atoms with Crippen molar-refractivity contribution in [3.05, 3.63) is 65.7 Å². The molecule has 1 N–H and O–H groups in total. The van der Waals surface area contributed by atoms with Crippen LogP contribution in [-0.4, -0.2) is 32.2 Å². The molecular formula is C24H26F3N3O3. The fourth-order valence-electron chi connectivity index (χ4n) is 3.54. The van der Waals surface area contributed by atoms with E-state index in [-0.39, 0.29) is 12.3 Å². The summed E-state index contributed by atoms with van der Waals surface area (Å²) in [5.41, 5.74) is 1.29. The van der Waals surface area contributed by atoms with Crippen molar-refractivity contribution in [3.63, 3.8) is 0 Å². The first-order valence-corrected chi connectivity index (χ1v) is 10.6. The van der Waals surface area contributed by atoms with Gasteiger partial charge in [0.25, 0.3) is 0 Å². The van der Waals surface area contributed by atoms with Crippen molar-refractivity contribution >= 4 is 5.97 Å². The number of aliphatic carboxylic acids is 1. The fourth-order valence-corrected chi connectivity index (χ4v) is 3.54. The van der Waals surface area contributed by atoms with E-state index in [1.807, 2.05) is 42.7 Å². The summed E-state index contributed by atoms with van der Waals surface area (Å²) in [6, 6.07) is 9.87. The second-order valence-corrected chi connectivity index (χ2v) is 8.04. The Bertz CT molecular complexity index is 1080. The van der Waals surface area contributed by atoms with Crippen LogP contribution in [0.15, 0.2) is 48.8 Å². The highest BCUT2D eigenvalue weighted by Gasteiger charge is 2.32. The summed E-state index contributed by atoms with van der Waals surface area (Å²) >= 11 is 0. The molecule has 0 saturated carbocycles. The van der Waals surface area contributed by atoms with Crippen LogP contribution in [0.4, 0.5) is 13.2 Å². The molecule has 0 spiro atoms. The summed E-state index contributed by atoms with van der Waals surface area (Å²) in [7, 11) is 0. The van der Waals surface area contributed by atoms with Gasteiger partial charge in [0.1, 0.15) is 17.3 Å². The molecule has 0 unspecified atom stereocenters. The second-order valence-electron chi connectivity index (χ2n) is 8.04. The summed E-state index contributed by atoms with van der Waals surface area (Å²) in [6.07, 6.45) is -0.0265. The van der Waals surface area contributed by atoms with Gasteiger partial charge in [-0.15, -0.1) is 0 Å². The number of carbonyl (C=O) groups is 1. The van der Waals surface area contributed by atoms with Crippen LogP contribution in [0.25, 0.3) is 11.4 Å². The third-order valence-electron chi connectivity index (χ3n) is 5.29. The van der Waals surface area contributed by atoms with Crippen molar-refractivity contribution < 1.29 is 27.8 Å². The van der Waals surface area contributed by atoms with Crippen molar-refractivity contribution in [2.45, 2.75) is 45.8 Å². The Balaban J connectivity index is 1.72. The number of carboxylic acid groups (broad SMARTS) is 1. The largest absolute Gasteiger partial charge is 0.493 e. The maximum absolute atomic E-state index is 12.8. The molecule has 0 radical (unpaired) electrons. The van der Waals surface area contributed by atoms with E-state index in [0.717, 1.165) is 30.2 Å². The highest BCUT2D eigenvalue weighted by Crippen LogP contribution is 2.30. The molecule has 2 heterocycles. The average molecular weight is 461 g/mol. The number of imidazole rings is 1. The SMILES string of the molecule is Cc1cnc(-c2ccc(C(F)(F)F)nc2)n1Cc1ccccc1OCCC[C@@H](C)CC(=O)O. The van der Waals surface area contributed by atoms with E-state index in [1.165, 1.54) is 12.3 Å². The van der Waals surface area contributed by atoms with Gasteiger partial charge < -0.3 is 14.4 Å². The lowest BCUT2D eigenvalue weighted by Gasteiger charge is -2.15. The highest BCUT2D eigenvalue weighted by atomic mass is 19.4. The zero-order valence-corrected chi connectivity index (χ0v) is 18.5. The van der Waals surface area contributed by atoms with E-state index in [1.54, 1.807) is 6.20 Å². The van der Waals surface area contributed by atoms with Crippen LogP contribution < -0.4 is 4.74 Å². The molecule has 0 bridgehead atoms. The number of benzene rings is 1. The molecule has 2 aromatic heterocycles. The van der Waals surface area contributed by atoms with Crippen LogP contribution in [-0.2, 0) is 17.5 Å². The molecule has 3 aromatic rings. The minimum atomic E-state index is -4.49. The van der Waals surface area contributed by atoms with E-state index in [2.05, 4.69) is 9.97 Å². The number of pyridine rings is 1. The molecule has 3 rings (SSSR count). The number of nitrogens with zero attached hydrogens (tertiary/aromatic N) is 3. The minimum absolute atomic E-state index is 0.0786. The van der Waals surface area contributed by atoms with Gasteiger partial charge in [0.15, 0.2) is 0 Å². The first kappa shape index (κ1) is 24.3. The number of hydrogen-bond acceptors (Lipinski definition) is 4. The smallest absolute Gasteiger partial charge is 0.433 e. The van der Waals surface area contributed by atoms with Gasteiger partial charge in [0, 0.05) is 35.6 Å². The molecule has 0 fully saturated rings. The van der Waals surface area contributed by atoms with E-state index < -0.39 is 17.8 Å². The number of rotatable bonds is 10. The number of aromatic nitrogens is 3. The Morgan fingerprint density at radius 1 is 1.15 bits per heavy atom. The van der Waals surface area contributed by atoms with Gasteiger partial charge in [-0.1, -0.05) is 25.1 Å². The zero-order chi connectivity index (χ0) is 24.0. The topological polar surface area (TPSA) is 77.2 Å². The van der Waals surface area contributed by atoms with Crippen LogP contribution in [0.2, 0.25) is 0 Å². The molecule has 176 valence electrons. The van der Waals surface area contributed by atoms with Gasteiger partial charge in [-0.3, -0.25) is 9.78 Å². The monoisotopic (exact) mass is 461 g/mol. The summed E-state index contributed by atoms with van der Waals surface area (Å²) < 4.78 is 46.4. The van der Waals surface area contributed by atoms with Gasteiger partial charge in [-0.2, -0.15) is 13.2 Å². The third kappa shape index (κ3) is 6.57. The normalized spacial score (nSPS) is 12.5. The predicted octanol–water partition coefficient (Wildman–Crippen LogP) is 5.59. The van der Waals surface area contributed by atoms with Crippen molar-refractivity contribution in [1.29, 1.82) is 0 Å². The van der Waals surface area contributed by atoms with Crippen LogP contribution in [0.5, 0.6) is 5.75 Å². The lowest BCUT2D eigenvalue weighted by atomic mass is 10.0. The molecule has 0 aliphatic rings. The number of alkyl halides is 3. The first-order valence-electron chi connectivity index (χ1n) is 10.6. The third-order valence-corrected chi connectivity index (χ3v) is 5.29. The molecule has 0 aliphatic heterocycles. The van der Waals surface area contributed by atoms with Crippen molar-refractivity contribution in [3.8, 4) is 17.1 Å². The van der Waals surface area contributed by atoms with Gasteiger partial charge >= 0.3 is 12.1 Å². The quantitative estimate of drug-likeness (QED) is 0.398. The fraction of sp³-hybridized carbons (Fsp3) is 0.375. The maximum atomic E-state index is 12.8. The summed E-state index contributed by atoms with van der Waals surface area (Å²) in [5, 5.41) is 8.86. The van der Waals surface area contributed by atoms with Crippen molar-refractivity contribution in [1.82, 2.24) is 14.5 Å². The molecule has 0 aliphatic carbocycles.